The summed E-state index contributed by atoms with van der Waals surface area (Å²) in [6.45, 7) is 2.27. The smallest absolute Gasteiger partial charge is 0.221 e. The van der Waals surface area contributed by atoms with Gasteiger partial charge in [-0.2, -0.15) is 4.31 Å². The van der Waals surface area contributed by atoms with Crippen LogP contribution in [0.1, 0.15) is 30.5 Å². The van der Waals surface area contributed by atoms with E-state index < -0.39 is 10.0 Å². The number of para-hydroxylation sites is 1. The highest BCUT2D eigenvalue weighted by atomic mass is 32.2. The molecule has 27 heavy (non-hydrogen) atoms. The maximum absolute atomic E-state index is 12.2. The lowest BCUT2D eigenvalue weighted by Crippen LogP contribution is -2.36. The molecule has 1 atom stereocenters. The van der Waals surface area contributed by atoms with Crippen LogP contribution < -0.4 is 10.1 Å². The second-order valence-corrected chi connectivity index (χ2v) is 8.23. The molecule has 0 heterocycles. The second kappa shape index (κ2) is 9.53. The molecule has 7 heteroatoms. The normalized spacial score (nSPS) is 12.6. The van der Waals surface area contributed by atoms with Crippen molar-refractivity contribution >= 4 is 15.9 Å². The first-order chi connectivity index (χ1) is 12.8. The van der Waals surface area contributed by atoms with E-state index in [0.29, 0.717) is 12.3 Å². The molecule has 1 unspecified atom stereocenters. The average Bonchev–Trinajstić information content (AvgIpc) is 2.66. The highest BCUT2D eigenvalue weighted by molar-refractivity contribution is 7.88. The largest absolute Gasteiger partial charge is 0.496 e. The minimum Gasteiger partial charge on any atom is -0.496 e. The molecule has 0 radical (unpaired) electrons. The van der Waals surface area contributed by atoms with E-state index in [0.717, 1.165) is 11.1 Å². The van der Waals surface area contributed by atoms with Crippen LogP contribution >= 0.6 is 0 Å². The van der Waals surface area contributed by atoms with E-state index in [1.54, 1.807) is 7.11 Å². The lowest BCUT2D eigenvalue weighted by Gasteiger charge is -2.27. The van der Waals surface area contributed by atoms with Gasteiger partial charge in [0, 0.05) is 31.1 Å². The van der Waals surface area contributed by atoms with Crippen LogP contribution in [0, 0.1) is 0 Å². The third kappa shape index (κ3) is 6.08. The van der Waals surface area contributed by atoms with Crippen molar-refractivity contribution in [1.29, 1.82) is 0 Å². The van der Waals surface area contributed by atoms with Gasteiger partial charge >= 0.3 is 0 Å². The van der Waals surface area contributed by atoms with E-state index in [-0.39, 0.29) is 24.9 Å². The minimum atomic E-state index is -3.45. The summed E-state index contributed by atoms with van der Waals surface area (Å²) in [6.07, 6.45) is 1.25. The zero-order chi connectivity index (χ0) is 19.9. The van der Waals surface area contributed by atoms with Crippen LogP contribution in [0.2, 0.25) is 0 Å². The average molecular weight is 391 g/mol. The van der Waals surface area contributed by atoms with Crippen molar-refractivity contribution in [3.05, 3.63) is 65.7 Å². The Bertz CT molecular complexity index is 853. The maximum atomic E-state index is 12.2. The summed E-state index contributed by atoms with van der Waals surface area (Å²) in [5.74, 6) is 0.489. The fraction of sp³-hybridized carbons (Fsp3) is 0.350. The Hall–Kier alpha value is -2.38. The molecule has 2 aromatic rings. The summed E-state index contributed by atoms with van der Waals surface area (Å²) < 4.78 is 31.0. The second-order valence-electron chi connectivity index (χ2n) is 6.30. The lowest BCUT2D eigenvalue weighted by molar-refractivity contribution is -0.121. The van der Waals surface area contributed by atoms with Crippen molar-refractivity contribution in [2.75, 3.05) is 19.9 Å². The predicted octanol–water partition coefficient (Wildman–Crippen LogP) is 2.72. The van der Waals surface area contributed by atoms with E-state index in [1.165, 1.54) is 10.6 Å². The topological polar surface area (TPSA) is 75.7 Å². The molecule has 2 aromatic carbocycles. The van der Waals surface area contributed by atoms with Gasteiger partial charge in [0.15, 0.2) is 0 Å². The summed E-state index contributed by atoms with van der Waals surface area (Å²) in [6, 6.07) is 16.5. The first-order valence-corrected chi connectivity index (χ1v) is 10.6. The van der Waals surface area contributed by atoms with Crippen LogP contribution in [0.25, 0.3) is 0 Å². The van der Waals surface area contributed by atoms with Crippen molar-refractivity contribution in [1.82, 2.24) is 9.62 Å². The summed E-state index contributed by atoms with van der Waals surface area (Å²) >= 11 is 0. The zero-order valence-corrected chi connectivity index (χ0v) is 16.7. The van der Waals surface area contributed by atoms with Gasteiger partial charge in [-0.15, -0.1) is 0 Å². The number of methoxy groups -OCH3 is 1. The number of carbonyl (C=O) groups excluding carboxylic acids is 1. The van der Waals surface area contributed by atoms with E-state index in [9.17, 15) is 13.2 Å². The quantitative estimate of drug-likeness (QED) is 0.714. The molecule has 0 bridgehead atoms. The number of sulfonamides is 1. The van der Waals surface area contributed by atoms with Gasteiger partial charge in [0.05, 0.1) is 13.4 Å². The van der Waals surface area contributed by atoms with Gasteiger partial charge in [-0.1, -0.05) is 48.5 Å². The maximum Gasteiger partial charge on any atom is 0.221 e. The summed E-state index contributed by atoms with van der Waals surface area (Å²) in [7, 11) is -1.87. The van der Waals surface area contributed by atoms with E-state index in [1.807, 2.05) is 61.5 Å². The fourth-order valence-electron chi connectivity index (χ4n) is 2.89. The van der Waals surface area contributed by atoms with Gasteiger partial charge in [-0.3, -0.25) is 4.79 Å². The highest BCUT2D eigenvalue weighted by Gasteiger charge is 2.25. The number of rotatable bonds is 9. The van der Waals surface area contributed by atoms with Gasteiger partial charge in [0.25, 0.3) is 0 Å². The molecule has 0 aliphatic heterocycles. The Morgan fingerprint density at radius 2 is 1.74 bits per heavy atom. The first-order valence-electron chi connectivity index (χ1n) is 8.73. The predicted molar refractivity (Wildman–Crippen MR) is 106 cm³/mol. The van der Waals surface area contributed by atoms with Gasteiger partial charge in [-0.05, 0) is 18.6 Å². The molecule has 2 rings (SSSR count). The monoisotopic (exact) mass is 390 g/mol. The summed E-state index contributed by atoms with van der Waals surface area (Å²) in [4.78, 5) is 12.2. The van der Waals surface area contributed by atoms with Crippen molar-refractivity contribution in [2.45, 2.75) is 25.9 Å². The SMILES string of the molecule is COc1ccccc1CNC(=O)CCN(C(C)c1ccccc1)S(C)(=O)=O. The van der Waals surface area contributed by atoms with Crippen molar-refractivity contribution in [2.24, 2.45) is 0 Å². The number of nitrogens with zero attached hydrogens (tertiary/aromatic N) is 1. The zero-order valence-electron chi connectivity index (χ0n) is 15.9. The van der Waals surface area contributed by atoms with Gasteiger partial charge in [0.1, 0.15) is 5.75 Å². The standard InChI is InChI=1S/C20H26N2O4S/c1-16(17-9-5-4-6-10-17)22(27(3,24)25)14-13-20(23)21-15-18-11-7-8-12-19(18)26-2/h4-12,16H,13-15H2,1-3H3,(H,21,23). The van der Waals surface area contributed by atoms with Crippen molar-refractivity contribution in [3.8, 4) is 5.75 Å². The van der Waals surface area contributed by atoms with Gasteiger partial charge < -0.3 is 10.1 Å². The van der Waals surface area contributed by atoms with E-state index in [4.69, 9.17) is 4.74 Å². The Morgan fingerprint density at radius 3 is 2.37 bits per heavy atom. The fourth-order valence-corrected chi connectivity index (χ4v) is 4.01. The van der Waals surface area contributed by atoms with Crippen LogP contribution in [0.3, 0.4) is 0 Å². The molecule has 0 spiro atoms. The van der Waals surface area contributed by atoms with Crippen LogP contribution in [-0.2, 0) is 21.4 Å². The molecule has 146 valence electrons. The first kappa shape index (κ1) is 20.9. The molecule has 0 fully saturated rings. The minimum absolute atomic E-state index is 0.0827. The summed E-state index contributed by atoms with van der Waals surface area (Å²) in [5, 5.41) is 2.82. The number of hydrogen-bond acceptors (Lipinski definition) is 4. The molecule has 1 amide bonds. The number of ether oxygens (including phenoxy) is 1. The molecule has 6 nitrogen and oxygen atoms in total. The number of nitrogens with one attached hydrogen (secondary N) is 1. The summed E-state index contributed by atoms with van der Waals surface area (Å²) in [5.41, 5.74) is 1.75. The molecular formula is C20H26N2O4S. The Balaban J connectivity index is 1.97. The van der Waals surface area contributed by atoms with Crippen molar-refractivity contribution in [3.63, 3.8) is 0 Å². The van der Waals surface area contributed by atoms with Crippen LogP contribution in [0.4, 0.5) is 0 Å². The molecule has 1 N–H and O–H groups in total. The third-order valence-corrected chi connectivity index (χ3v) is 5.72. The number of amides is 1. The van der Waals surface area contributed by atoms with Crippen LogP contribution in [0.5, 0.6) is 5.75 Å². The number of benzene rings is 2. The Labute approximate surface area is 161 Å². The van der Waals surface area contributed by atoms with E-state index >= 15 is 0 Å². The molecular weight excluding hydrogens is 364 g/mol. The number of hydrogen-bond donors (Lipinski definition) is 1. The molecule has 0 aliphatic carbocycles. The Morgan fingerprint density at radius 1 is 1.11 bits per heavy atom. The highest BCUT2D eigenvalue weighted by Crippen LogP contribution is 2.23. The molecule has 0 saturated carbocycles. The van der Waals surface area contributed by atoms with Gasteiger partial charge in [-0.25, -0.2) is 8.42 Å². The molecule has 0 aliphatic rings. The lowest BCUT2D eigenvalue weighted by atomic mass is 10.1. The number of carbonyl (C=O) groups is 1. The van der Waals surface area contributed by atoms with E-state index in [2.05, 4.69) is 5.32 Å². The third-order valence-electron chi connectivity index (χ3n) is 4.37. The van der Waals surface area contributed by atoms with Crippen LogP contribution in [0.15, 0.2) is 54.6 Å². The van der Waals surface area contributed by atoms with Crippen LogP contribution in [-0.4, -0.2) is 38.5 Å². The van der Waals surface area contributed by atoms with Crippen molar-refractivity contribution < 1.29 is 17.9 Å². The molecule has 0 saturated heterocycles. The Kier molecular flexibility index (Phi) is 7.38. The van der Waals surface area contributed by atoms with Gasteiger partial charge in [0.2, 0.25) is 15.9 Å². The molecule has 0 aromatic heterocycles.